The Bertz CT molecular complexity index is 478. The number of methoxy groups -OCH3 is 1. The number of rotatable bonds is 6. The zero-order valence-corrected chi connectivity index (χ0v) is 12.9. The minimum absolute atomic E-state index is 0.109. The highest BCUT2D eigenvalue weighted by molar-refractivity contribution is 9.11. The van der Waals surface area contributed by atoms with Gasteiger partial charge in [-0.1, -0.05) is 20.8 Å². The van der Waals surface area contributed by atoms with Crippen LogP contribution in [-0.2, 0) is 19.6 Å². The molecule has 1 aromatic carbocycles. The van der Waals surface area contributed by atoms with Crippen LogP contribution in [0.1, 0.15) is 0 Å². The summed E-state index contributed by atoms with van der Waals surface area (Å²) in [4.78, 5) is 6.91. The molecule has 0 aliphatic carbocycles. The van der Waals surface area contributed by atoms with Gasteiger partial charge >= 0.3 is 0 Å². The average Bonchev–Trinajstić information content (AvgIpc) is 2.24. The summed E-state index contributed by atoms with van der Waals surface area (Å²) in [5, 5.41) is 0. The third kappa shape index (κ3) is 4.65. The van der Waals surface area contributed by atoms with Crippen LogP contribution in [0.3, 0.4) is 0 Å². The van der Waals surface area contributed by atoms with Gasteiger partial charge in [-0.3, -0.25) is 4.84 Å². The lowest BCUT2D eigenvalue weighted by Gasteiger charge is -2.08. The minimum Gasteiger partial charge on any atom is -0.382 e. The Labute approximate surface area is 117 Å². The lowest BCUT2D eigenvalue weighted by Crippen LogP contribution is -2.26. The summed E-state index contributed by atoms with van der Waals surface area (Å²) in [5.74, 6) is 0. The van der Waals surface area contributed by atoms with Crippen LogP contribution in [0.15, 0.2) is 32.0 Å². The minimum atomic E-state index is -3.68. The van der Waals surface area contributed by atoms with Crippen molar-refractivity contribution in [3.05, 3.63) is 27.1 Å². The first kappa shape index (κ1) is 15.1. The fourth-order valence-electron chi connectivity index (χ4n) is 0.982. The van der Waals surface area contributed by atoms with Crippen molar-refractivity contribution in [1.29, 1.82) is 0 Å². The summed E-state index contributed by atoms with van der Waals surface area (Å²) < 4.78 is 29.6. The lowest BCUT2D eigenvalue weighted by molar-refractivity contribution is 0.0438. The van der Waals surface area contributed by atoms with E-state index in [9.17, 15) is 8.42 Å². The molecule has 0 aliphatic heterocycles. The Balaban J connectivity index is 2.76. The van der Waals surface area contributed by atoms with E-state index in [4.69, 9.17) is 9.57 Å². The van der Waals surface area contributed by atoms with Crippen LogP contribution in [0, 0.1) is 0 Å². The molecule has 0 radical (unpaired) electrons. The van der Waals surface area contributed by atoms with Crippen LogP contribution < -0.4 is 4.89 Å². The maximum atomic E-state index is 11.8. The largest absolute Gasteiger partial charge is 0.382 e. The van der Waals surface area contributed by atoms with E-state index in [1.807, 2.05) is 4.89 Å². The summed E-state index contributed by atoms with van der Waals surface area (Å²) in [6.45, 7) is 0.452. The molecule has 0 fully saturated rings. The molecule has 0 amide bonds. The molecule has 96 valence electrons. The fourth-order valence-corrected chi connectivity index (χ4v) is 3.56. The molecule has 0 heterocycles. The zero-order chi connectivity index (χ0) is 12.9. The number of sulfonamides is 1. The fraction of sp³-hybridized carbons (Fsp3) is 0.333. The number of hydrogen-bond acceptors (Lipinski definition) is 4. The number of ether oxygens (including phenoxy) is 1. The topological polar surface area (TPSA) is 64.6 Å². The molecular weight excluding hydrogens is 378 g/mol. The molecule has 1 rings (SSSR count). The van der Waals surface area contributed by atoms with Gasteiger partial charge in [0.15, 0.2) is 0 Å². The number of benzene rings is 1. The summed E-state index contributed by atoms with van der Waals surface area (Å²) in [6, 6.07) is 4.74. The third-order valence-electron chi connectivity index (χ3n) is 1.74. The summed E-state index contributed by atoms with van der Waals surface area (Å²) in [7, 11) is -2.18. The van der Waals surface area contributed by atoms with Crippen molar-refractivity contribution >= 4 is 41.9 Å². The molecule has 1 aromatic rings. The second kappa shape index (κ2) is 6.81. The maximum absolute atomic E-state index is 11.8. The van der Waals surface area contributed by atoms with E-state index in [1.54, 1.807) is 12.1 Å². The van der Waals surface area contributed by atoms with E-state index < -0.39 is 10.0 Å². The summed E-state index contributed by atoms with van der Waals surface area (Å²) in [6.07, 6.45) is 0. The zero-order valence-electron chi connectivity index (χ0n) is 8.94. The molecule has 0 saturated heterocycles. The molecule has 1 N–H and O–H groups in total. The second-order valence-corrected chi connectivity index (χ2v) is 6.39. The van der Waals surface area contributed by atoms with Crippen molar-refractivity contribution in [3.63, 3.8) is 0 Å². The van der Waals surface area contributed by atoms with Gasteiger partial charge in [-0.2, -0.15) is 0 Å². The Morgan fingerprint density at radius 1 is 1.29 bits per heavy atom. The van der Waals surface area contributed by atoms with Gasteiger partial charge in [0.25, 0.3) is 10.0 Å². The molecule has 0 atom stereocenters. The molecule has 5 nitrogen and oxygen atoms in total. The van der Waals surface area contributed by atoms with Crippen LogP contribution in [0.25, 0.3) is 0 Å². The van der Waals surface area contributed by atoms with Gasteiger partial charge < -0.3 is 4.74 Å². The molecule has 0 bridgehead atoms. The summed E-state index contributed by atoms with van der Waals surface area (Å²) in [5.41, 5.74) is 0. The summed E-state index contributed by atoms with van der Waals surface area (Å²) >= 11 is 6.42. The van der Waals surface area contributed by atoms with Crippen molar-refractivity contribution < 1.29 is 18.0 Å². The van der Waals surface area contributed by atoms with E-state index in [0.29, 0.717) is 11.1 Å². The van der Waals surface area contributed by atoms with Gasteiger partial charge in [-0.25, -0.2) is 8.42 Å². The highest BCUT2D eigenvalue weighted by Crippen LogP contribution is 2.25. The molecule has 0 unspecified atom stereocenters. The van der Waals surface area contributed by atoms with Crippen LogP contribution in [0.5, 0.6) is 0 Å². The highest BCUT2D eigenvalue weighted by atomic mass is 79.9. The van der Waals surface area contributed by atoms with E-state index in [1.165, 1.54) is 13.2 Å². The van der Waals surface area contributed by atoms with Crippen molar-refractivity contribution in [2.45, 2.75) is 4.90 Å². The van der Waals surface area contributed by atoms with E-state index >= 15 is 0 Å². The Morgan fingerprint density at radius 3 is 2.59 bits per heavy atom. The Hall–Kier alpha value is 0.01000. The third-order valence-corrected chi connectivity index (χ3v) is 4.43. The number of hydrogen-bond donors (Lipinski definition) is 1. The SMILES string of the molecule is COCCONS(=O)(=O)c1ccc(Br)cc1Br. The van der Waals surface area contributed by atoms with Gasteiger partial charge in [-0.05, 0) is 34.1 Å². The van der Waals surface area contributed by atoms with Crippen molar-refractivity contribution in [1.82, 2.24) is 4.89 Å². The first-order chi connectivity index (χ1) is 7.97. The van der Waals surface area contributed by atoms with Gasteiger partial charge in [0.1, 0.15) is 0 Å². The highest BCUT2D eigenvalue weighted by Gasteiger charge is 2.17. The lowest BCUT2D eigenvalue weighted by atomic mass is 10.4. The van der Waals surface area contributed by atoms with Crippen LogP contribution >= 0.6 is 31.9 Å². The molecule has 0 aromatic heterocycles. The second-order valence-electron chi connectivity index (χ2n) is 3.00. The predicted octanol–water partition coefficient (Wildman–Crippen LogP) is 2.07. The van der Waals surface area contributed by atoms with Crippen molar-refractivity contribution in [2.24, 2.45) is 0 Å². The van der Waals surface area contributed by atoms with Gasteiger partial charge in [0, 0.05) is 16.1 Å². The first-order valence-corrected chi connectivity index (χ1v) is 7.62. The van der Waals surface area contributed by atoms with Gasteiger partial charge in [0.2, 0.25) is 0 Å². The monoisotopic (exact) mass is 387 g/mol. The average molecular weight is 389 g/mol. The molecule has 8 heteroatoms. The van der Waals surface area contributed by atoms with Crippen LogP contribution in [0.2, 0.25) is 0 Å². The van der Waals surface area contributed by atoms with Crippen molar-refractivity contribution in [3.8, 4) is 0 Å². The Kier molecular flexibility index (Phi) is 6.04. The molecule has 0 saturated carbocycles. The molecule has 0 spiro atoms. The normalized spacial score (nSPS) is 11.7. The molecular formula is C9H11Br2NO4S. The van der Waals surface area contributed by atoms with E-state index in [2.05, 4.69) is 31.9 Å². The predicted molar refractivity (Wildman–Crippen MR) is 70.0 cm³/mol. The molecule has 17 heavy (non-hydrogen) atoms. The van der Waals surface area contributed by atoms with Crippen LogP contribution in [0.4, 0.5) is 0 Å². The smallest absolute Gasteiger partial charge is 0.263 e. The number of halogens is 2. The first-order valence-electron chi connectivity index (χ1n) is 4.55. The van der Waals surface area contributed by atoms with Crippen LogP contribution in [-0.4, -0.2) is 28.7 Å². The quantitative estimate of drug-likeness (QED) is 0.598. The molecule has 0 aliphatic rings. The van der Waals surface area contributed by atoms with Gasteiger partial charge in [-0.15, -0.1) is 0 Å². The van der Waals surface area contributed by atoms with E-state index in [-0.39, 0.29) is 11.5 Å². The standard InChI is InChI=1S/C9H11Br2NO4S/c1-15-4-5-16-12-17(13,14)9-3-2-7(10)6-8(9)11/h2-3,6,12H,4-5H2,1H3. The van der Waals surface area contributed by atoms with Crippen molar-refractivity contribution in [2.75, 3.05) is 20.3 Å². The number of nitrogens with one attached hydrogen (secondary N) is 1. The maximum Gasteiger partial charge on any atom is 0.263 e. The van der Waals surface area contributed by atoms with Gasteiger partial charge in [0.05, 0.1) is 18.1 Å². The van der Waals surface area contributed by atoms with E-state index in [0.717, 1.165) is 4.47 Å². The Morgan fingerprint density at radius 2 is 2.00 bits per heavy atom.